The quantitative estimate of drug-likeness (QED) is 0.287. The van der Waals surface area contributed by atoms with E-state index in [4.69, 9.17) is 4.74 Å². The second kappa shape index (κ2) is 8.81. The van der Waals surface area contributed by atoms with Crippen molar-refractivity contribution in [1.82, 2.24) is 0 Å². The van der Waals surface area contributed by atoms with E-state index in [0.717, 1.165) is 18.8 Å². The first-order valence-electron chi connectivity index (χ1n) is 14.3. The summed E-state index contributed by atoms with van der Waals surface area (Å²) in [6.45, 7) is 21.5. The Balaban J connectivity index is 1.59. The van der Waals surface area contributed by atoms with Crippen LogP contribution in [0.15, 0.2) is 23.3 Å². The Morgan fingerprint density at radius 1 is 1.00 bits per heavy atom. The molecule has 2 fully saturated rings. The van der Waals surface area contributed by atoms with E-state index in [0.29, 0.717) is 22.7 Å². The van der Waals surface area contributed by atoms with Gasteiger partial charge in [0.2, 0.25) is 0 Å². The summed E-state index contributed by atoms with van der Waals surface area (Å²) in [5.74, 6) is 2.08. The van der Waals surface area contributed by atoms with Crippen molar-refractivity contribution in [3.63, 3.8) is 0 Å². The van der Waals surface area contributed by atoms with Gasteiger partial charge in [-0.05, 0) is 110 Å². The molecule has 0 aromatic rings. The standard InChI is InChI=1S/C32H52O2/c1-21(2)22(3)11-10-12-23-15-19-32(8)25-13-14-27-29(4,5)26(28(33)34-9)16-18-30(27,6)24(25)17-20-31(23,32)7/h21,23,26-27H,3,10-20H2,1-2,4-9H3/t23?,26?,27?,30?,31?,32-/m0/s1. The molecule has 2 nitrogen and oxygen atoms in total. The highest BCUT2D eigenvalue weighted by Gasteiger charge is 2.63. The van der Waals surface area contributed by atoms with Crippen molar-refractivity contribution in [2.75, 3.05) is 7.11 Å². The van der Waals surface area contributed by atoms with Crippen LogP contribution in [0.25, 0.3) is 0 Å². The molecule has 6 atom stereocenters. The van der Waals surface area contributed by atoms with Crippen LogP contribution in [0.4, 0.5) is 0 Å². The van der Waals surface area contributed by atoms with Crippen molar-refractivity contribution in [3.05, 3.63) is 23.3 Å². The number of ether oxygens (including phenoxy) is 1. The topological polar surface area (TPSA) is 26.3 Å². The molecule has 2 heteroatoms. The lowest BCUT2D eigenvalue weighted by molar-refractivity contribution is -0.158. The third kappa shape index (κ3) is 3.67. The summed E-state index contributed by atoms with van der Waals surface area (Å²) < 4.78 is 5.25. The molecule has 0 spiro atoms. The number of allylic oxidation sites excluding steroid dienone is 3. The minimum atomic E-state index is -0.00268. The predicted molar refractivity (Wildman–Crippen MR) is 142 cm³/mol. The van der Waals surface area contributed by atoms with E-state index in [1.165, 1.54) is 63.4 Å². The molecule has 4 rings (SSSR count). The number of hydrogen-bond acceptors (Lipinski definition) is 2. The van der Waals surface area contributed by atoms with Crippen LogP contribution in [0.2, 0.25) is 0 Å². The second-order valence-electron chi connectivity index (χ2n) is 14.1. The van der Waals surface area contributed by atoms with Crippen LogP contribution in [-0.2, 0) is 9.53 Å². The Morgan fingerprint density at radius 2 is 1.71 bits per heavy atom. The number of carbonyl (C=O) groups is 1. The fraction of sp³-hybridized carbons (Fsp3) is 0.844. The van der Waals surface area contributed by atoms with Gasteiger partial charge in [-0.3, -0.25) is 4.79 Å². The predicted octanol–water partition coefficient (Wildman–Crippen LogP) is 8.91. The first-order valence-corrected chi connectivity index (χ1v) is 14.3. The van der Waals surface area contributed by atoms with Crippen molar-refractivity contribution in [2.24, 2.45) is 45.3 Å². The number of fused-ring (bicyclic) bond motifs is 4. The summed E-state index contributed by atoms with van der Waals surface area (Å²) in [5, 5.41) is 0. The third-order valence-corrected chi connectivity index (χ3v) is 12.3. The van der Waals surface area contributed by atoms with E-state index in [1.54, 1.807) is 7.11 Å². The average molecular weight is 469 g/mol. The van der Waals surface area contributed by atoms with Gasteiger partial charge in [-0.15, -0.1) is 0 Å². The van der Waals surface area contributed by atoms with Crippen molar-refractivity contribution in [1.29, 1.82) is 0 Å². The first kappa shape index (κ1) is 26.0. The zero-order valence-electron chi connectivity index (χ0n) is 23.6. The molecule has 5 unspecified atom stereocenters. The molecule has 0 aromatic heterocycles. The Bertz CT molecular complexity index is 862. The summed E-state index contributed by atoms with van der Waals surface area (Å²) in [5.41, 5.74) is 6.13. The third-order valence-electron chi connectivity index (χ3n) is 12.3. The molecular weight excluding hydrogens is 416 g/mol. The van der Waals surface area contributed by atoms with Gasteiger partial charge >= 0.3 is 5.97 Å². The Hall–Kier alpha value is -1.05. The molecule has 0 radical (unpaired) electrons. The van der Waals surface area contributed by atoms with Gasteiger partial charge in [-0.2, -0.15) is 0 Å². The van der Waals surface area contributed by atoms with E-state index in [-0.39, 0.29) is 22.7 Å². The molecule has 0 saturated heterocycles. The minimum absolute atomic E-state index is 0.00268. The van der Waals surface area contributed by atoms with Gasteiger partial charge in [0.15, 0.2) is 0 Å². The van der Waals surface area contributed by atoms with E-state index >= 15 is 0 Å². The van der Waals surface area contributed by atoms with Crippen molar-refractivity contribution in [2.45, 2.75) is 119 Å². The molecule has 2 saturated carbocycles. The Morgan fingerprint density at radius 3 is 2.35 bits per heavy atom. The minimum Gasteiger partial charge on any atom is -0.469 e. The zero-order valence-corrected chi connectivity index (χ0v) is 23.6. The van der Waals surface area contributed by atoms with E-state index in [9.17, 15) is 4.79 Å². The largest absolute Gasteiger partial charge is 0.469 e. The van der Waals surface area contributed by atoms with Gasteiger partial charge in [0, 0.05) is 0 Å². The maximum Gasteiger partial charge on any atom is 0.309 e. The number of rotatable bonds is 6. The van der Waals surface area contributed by atoms with Gasteiger partial charge in [-0.25, -0.2) is 0 Å². The van der Waals surface area contributed by atoms with E-state index < -0.39 is 0 Å². The second-order valence-corrected chi connectivity index (χ2v) is 14.1. The first-order chi connectivity index (χ1) is 15.8. The summed E-state index contributed by atoms with van der Waals surface area (Å²) in [4.78, 5) is 12.6. The smallest absolute Gasteiger partial charge is 0.309 e. The van der Waals surface area contributed by atoms with Crippen LogP contribution in [0.1, 0.15) is 119 Å². The normalized spacial score (nSPS) is 41.0. The van der Waals surface area contributed by atoms with Crippen molar-refractivity contribution in [3.8, 4) is 0 Å². The average Bonchev–Trinajstić information content (AvgIpc) is 3.04. The summed E-state index contributed by atoms with van der Waals surface area (Å²) in [6, 6.07) is 0. The van der Waals surface area contributed by atoms with Gasteiger partial charge in [-0.1, -0.05) is 71.8 Å². The fourth-order valence-corrected chi connectivity index (χ4v) is 9.70. The lowest BCUT2D eigenvalue weighted by atomic mass is 9.42. The highest BCUT2D eigenvalue weighted by atomic mass is 16.5. The summed E-state index contributed by atoms with van der Waals surface area (Å²) in [6.07, 6.45) is 13.9. The molecule has 0 N–H and O–H groups in total. The van der Waals surface area contributed by atoms with Crippen LogP contribution in [0.3, 0.4) is 0 Å². The molecule has 0 aromatic carbocycles. The maximum atomic E-state index is 12.6. The van der Waals surface area contributed by atoms with Gasteiger partial charge < -0.3 is 4.74 Å². The van der Waals surface area contributed by atoms with Crippen LogP contribution in [0, 0.1) is 45.3 Å². The summed E-state index contributed by atoms with van der Waals surface area (Å²) >= 11 is 0. The monoisotopic (exact) mass is 468 g/mol. The van der Waals surface area contributed by atoms with Crippen LogP contribution in [0.5, 0.6) is 0 Å². The van der Waals surface area contributed by atoms with Crippen molar-refractivity contribution >= 4 is 5.97 Å². The van der Waals surface area contributed by atoms with E-state index in [1.807, 2.05) is 11.1 Å². The van der Waals surface area contributed by atoms with Gasteiger partial charge in [0.05, 0.1) is 13.0 Å². The molecule has 34 heavy (non-hydrogen) atoms. The molecule has 4 aliphatic carbocycles. The molecule has 0 aliphatic heterocycles. The van der Waals surface area contributed by atoms with E-state index in [2.05, 4.69) is 55.0 Å². The maximum absolute atomic E-state index is 12.6. The SMILES string of the molecule is C=C(CCCC1CC[C@@]2(C)C3=C(CCC12C)C1(C)CCC(C(=O)OC)C(C)(C)C1CC3)C(C)C. The summed E-state index contributed by atoms with van der Waals surface area (Å²) in [7, 11) is 1.56. The highest BCUT2D eigenvalue weighted by molar-refractivity contribution is 5.73. The number of hydrogen-bond donors (Lipinski definition) is 0. The number of esters is 1. The number of methoxy groups -OCH3 is 1. The molecule has 0 heterocycles. The number of carbonyl (C=O) groups excluding carboxylic acids is 1. The van der Waals surface area contributed by atoms with Gasteiger partial charge in [0.25, 0.3) is 0 Å². The van der Waals surface area contributed by atoms with Crippen LogP contribution >= 0.6 is 0 Å². The molecule has 4 aliphatic rings. The molecule has 0 bridgehead atoms. The van der Waals surface area contributed by atoms with Crippen molar-refractivity contribution < 1.29 is 9.53 Å². The Labute approximate surface area is 210 Å². The highest BCUT2D eigenvalue weighted by Crippen LogP contribution is 2.72. The fourth-order valence-electron chi connectivity index (χ4n) is 9.70. The molecule has 192 valence electrons. The molecular formula is C32H52O2. The lowest BCUT2D eigenvalue weighted by Gasteiger charge is -2.62. The molecule has 0 amide bonds. The van der Waals surface area contributed by atoms with Crippen LogP contribution < -0.4 is 0 Å². The zero-order chi connectivity index (χ0) is 25.1. The lowest BCUT2D eigenvalue weighted by Crippen LogP contribution is -2.54. The van der Waals surface area contributed by atoms with Crippen LogP contribution in [-0.4, -0.2) is 13.1 Å². The van der Waals surface area contributed by atoms with Gasteiger partial charge in [0.1, 0.15) is 0 Å². The Kier molecular flexibility index (Phi) is 6.74.